The van der Waals surface area contributed by atoms with E-state index in [0.717, 1.165) is 6.26 Å². The molecule has 0 unspecified atom stereocenters. The molecule has 0 aliphatic carbocycles. The van der Waals surface area contributed by atoms with Crippen molar-refractivity contribution < 1.29 is 18.1 Å². The molecule has 0 saturated carbocycles. The van der Waals surface area contributed by atoms with Crippen molar-refractivity contribution in [3.05, 3.63) is 39.9 Å². The first-order valence-electron chi connectivity index (χ1n) is 6.78. The number of nitro groups is 1. The van der Waals surface area contributed by atoms with Gasteiger partial charge in [-0.2, -0.15) is 0 Å². The molecule has 1 amide bonds. The predicted molar refractivity (Wildman–Crippen MR) is 80.0 cm³/mol. The van der Waals surface area contributed by atoms with Crippen LogP contribution in [0.1, 0.15) is 16.8 Å². The van der Waals surface area contributed by atoms with E-state index in [9.17, 15) is 23.3 Å². The monoisotopic (exact) mass is 327 g/mol. The fourth-order valence-electron chi connectivity index (χ4n) is 2.36. The number of carbonyl (C=O) groups is 1. The summed E-state index contributed by atoms with van der Waals surface area (Å²) in [4.78, 5) is 24.2. The minimum atomic E-state index is -3.27. The summed E-state index contributed by atoms with van der Waals surface area (Å²) < 4.78 is 24.4. The topological polar surface area (TPSA) is 101 Å². The summed E-state index contributed by atoms with van der Waals surface area (Å²) >= 11 is 0. The van der Waals surface area contributed by atoms with Crippen LogP contribution in [0, 0.1) is 10.1 Å². The van der Waals surface area contributed by atoms with E-state index in [2.05, 4.69) is 0 Å². The number of sulfonamides is 1. The highest BCUT2D eigenvalue weighted by atomic mass is 32.2. The van der Waals surface area contributed by atoms with Gasteiger partial charge in [0.15, 0.2) is 0 Å². The Bertz CT molecular complexity index is 689. The summed E-state index contributed by atoms with van der Waals surface area (Å²) in [5.41, 5.74) is 0.0976. The number of hydrogen-bond acceptors (Lipinski definition) is 5. The summed E-state index contributed by atoms with van der Waals surface area (Å²) in [6.07, 6.45) is 1.68. The second-order valence-electron chi connectivity index (χ2n) is 5.12. The van der Waals surface area contributed by atoms with Gasteiger partial charge in [0.1, 0.15) is 0 Å². The fourth-order valence-corrected chi connectivity index (χ4v) is 3.24. The van der Waals surface area contributed by atoms with Gasteiger partial charge in [-0.05, 0) is 12.5 Å². The molecule has 8 nitrogen and oxygen atoms in total. The first kappa shape index (κ1) is 16.4. The molecule has 0 aromatic heterocycles. The van der Waals surface area contributed by atoms with E-state index in [1.807, 2.05) is 0 Å². The highest BCUT2D eigenvalue weighted by Crippen LogP contribution is 2.16. The van der Waals surface area contributed by atoms with Gasteiger partial charge in [0, 0.05) is 43.9 Å². The number of hydrogen-bond donors (Lipinski definition) is 0. The van der Waals surface area contributed by atoms with Crippen molar-refractivity contribution >= 4 is 21.6 Å². The third kappa shape index (κ3) is 3.80. The molecule has 0 spiro atoms. The van der Waals surface area contributed by atoms with Crippen LogP contribution in [0.15, 0.2) is 24.3 Å². The number of amides is 1. The second kappa shape index (κ2) is 6.41. The molecule has 0 radical (unpaired) electrons. The predicted octanol–water partition coefficient (Wildman–Crippen LogP) is 0.702. The minimum absolute atomic E-state index is 0.140. The van der Waals surface area contributed by atoms with Gasteiger partial charge in [-0.15, -0.1) is 0 Å². The van der Waals surface area contributed by atoms with Crippen molar-refractivity contribution in [1.82, 2.24) is 9.21 Å². The van der Waals surface area contributed by atoms with Crippen LogP contribution >= 0.6 is 0 Å². The average Bonchev–Trinajstić information content (AvgIpc) is 2.72. The maximum absolute atomic E-state index is 12.4. The van der Waals surface area contributed by atoms with E-state index in [1.54, 1.807) is 0 Å². The second-order valence-corrected chi connectivity index (χ2v) is 7.10. The minimum Gasteiger partial charge on any atom is -0.337 e. The largest absolute Gasteiger partial charge is 0.337 e. The van der Waals surface area contributed by atoms with Crippen LogP contribution in [0.5, 0.6) is 0 Å². The van der Waals surface area contributed by atoms with Gasteiger partial charge in [0.2, 0.25) is 10.0 Å². The van der Waals surface area contributed by atoms with Crippen molar-refractivity contribution in [2.45, 2.75) is 6.42 Å². The molecule has 0 atom stereocenters. The quantitative estimate of drug-likeness (QED) is 0.601. The van der Waals surface area contributed by atoms with Gasteiger partial charge in [0.25, 0.3) is 11.6 Å². The van der Waals surface area contributed by atoms with Gasteiger partial charge in [0.05, 0.1) is 11.2 Å². The average molecular weight is 327 g/mol. The third-order valence-electron chi connectivity index (χ3n) is 3.52. The number of rotatable bonds is 3. The maximum atomic E-state index is 12.4. The fraction of sp³-hybridized carbons (Fsp3) is 0.462. The molecule has 1 heterocycles. The van der Waals surface area contributed by atoms with Crippen LogP contribution in [0.2, 0.25) is 0 Å². The van der Waals surface area contributed by atoms with Gasteiger partial charge in [-0.1, -0.05) is 6.07 Å². The lowest BCUT2D eigenvalue weighted by molar-refractivity contribution is -0.384. The zero-order chi connectivity index (χ0) is 16.3. The lowest BCUT2D eigenvalue weighted by atomic mass is 10.1. The molecule has 22 heavy (non-hydrogen) atoms. The summed E-state index contributed by atoms with van der Waals surface area (Å²) in [5, 5.41) is 10.8. The number of non-ortho nitro benzene ring substituents is 1. The Hall–Kier alpha value is -2.00. The van der Waals surface area contributed by atoms with Crippen LogP contribution in [0.25, 0.3) is 0 Å². The Morgan fingerprint density at radius 1 is 1.23 bits per heavy atom. The molecule has 120 valence electrons. The van der Waals surface area contributed by atoms with Gasteiger partial charge in [-0.25, -0.2) is 12.7 Å². The van der Waals surface area contributed by atoms with E-state index in [4.69, 9.17) is 0 Å². The van der Waals surface area contributed by atoms with Gasteiger partial charge < -0.3 is 4.90 Å². The molecular formula is C13H17N3O5S. The first-order valence-corrected chi connectivity index (χ1v) is 8.63. The van der Waals surface area contributed by atoms with Crippen molar-refractivity contribution in [3.63, 3.8) is 0 Å². The SMILES string of the molecule is CS(=O)(=O)N1CCCN(C(=O)c2cccc([N+](=O)[O-])c2)CC1. The molecule has 1 saturated heterocycles. The van der Waals surface area contributed by atoms with Crippen LogP contribution in [0.3, 0.4) is 0 Å². The molecule has 1 aromatic rings. The molecule has 1 fully saturated rings. The van der Waals surface area contributed by atoms with Crippen LogP contribution in [-0.2, 0) is 10.0 Å². The molecule has 0 bridgehead atoms. The van der Waals surface area contributed by atoms with Crippen LogP contribution in [-0.4, -0.2) is 60.9 Å². The molecule has 0 N–H and O–H groups in total. The molecule has 2 rings (SSSR count). The zero-order valence-corrected chi connectivity index (χ0v) is 13.0. The van der Waals surface area contributed by atoms with Crippen molar-refractivity contribution in [3.8, 4) is 0 Å². The standard InChI is InChI=1S/C13H17N3O5S/c1-22(20,21)15-7-3-6-14(8-9-15)13(17)11-4-2-5-12(10-11)16(18)19/h2,4-5,10H,3,6-9H2,1H3. The summed E-state index contributed by atoms with van der Waals surface area (Å²) in [7, 11) is -3.27. The Morgan fingerprint density at radius 3 is 2.59 bits per heavy atom. The number of carbonyl (C=O) groups excluding carboxylic acids is 1. The van der Waals surface area contributed by atoms with Gasteiger partial charge in [-0.3, -0.25) is 14.9 Å². The molecule has 1 aromatic carbocycles. The highest BCUT2D eigenvalue weighted by molar-refractivity contribution is 7.88. The van der Waals surface area contributed by atoms with Crippen LogP contribution in [0.4, 0.5) is 5.69 Å². The van der Waals surface area contributed by atoms with Crippen LogP contribution < -0.4 is 0 Å². The van der Waals surface area contributed by atoms with Gasteiger partial charge >= 0.3 is 0 Å². The van der Waals surface area contributed by atoms with E-state index < -0.39 is 14.9 Å². The van der Waals surface area contributed by atoms with E-state index >= 15 is 0 Å². The lowest BCUT2D eigenvalue weighted by Gasteiger charge is -2.21. The summed E-state index contributed by atoms with van der Waals surface area (Å²) in [5.74, 6) is -0.320. The van der Waals surface area contributed by atoms with E-state index in [-0.39, 0.29) is 30.2 Å². The Kier molecular flexibility index (Phi) is 4.77. The molecule has 9 heteroatoms. The smallest absolute Gasteiger partial charge is 0.270 e. The normalized spacial score (nSPS) is 17.0. The summed E-state index contributed by atoms with van der Waals surface area (Å²) in [6.45, 7) is 1.30. The summed E-state index contributed by atoms with van der Waals surface area (Å²) in [6, 6.07) is 5.55. The third-order valence-corrected chi connectivity index (χ3v) is 4.82. The number of nitro benzene ring substituents is 1. The van der Waals surface area contributed by atoms with Crippen molar-refractivity contribution in [1.29, 1.82) is 0 Å². The van der Waals surface area contributed by atoms with E-state index in [0.29, 0.717) is 19.5 Å². The maximum Gasteiger partial charge on any atom is 0.270 e. The molecular weight excluding hydrogens is 310 g/mol. The van der Waals surface area contributed by atoms with Crippen molar-refractivity contribution in [2.24, 2.45) is 0 Å². The lowest BCUT2D eigenvalue weighted by Crippen LogP contribution is -2.36. The Morgan fingerprint density at radius 2 is 1.95 bits per heavy atom. The highest BCUT2D eigenvalue weighted by Gasteiger charge is 2.25. The first-order chi connectivity index (χ1) is 10.3. The molecule has 1 aliphatic heterocycles. The number of benzene rings is 1. The zero-order valence-electron chi connectivity index (χ0n) is 12.1. The van der Waals surface area contributed by atoms with Crippen molar-refractivity contribution in [2.75, 3.05) is 32.4 Å². The Labute approximate surface area is 128 Å². The van der Waals surface area contributed by atoms with E-state index in [1.165, 1.54) is 33.5 Å². The molecule has 1 aliphatic rings. The Balaban J connectivity index is 2.13. The number of nitrogens with zero attached hydrogens (tertiary/aromatic N) is 3.